The molecule has 0 amide bonds. The van der Waals surface area contributed by atoms with Gasteiger partial charge in [-0.2, -0.15) is 12.0 Å². The van der Waals surface area contributed by atoms with Gasteiger partial charge < -0.3 is 0 Å². The van der Waals surface area contributed by atoms with Crippen LogP contribution in [0.25, 0.3) is 0 Å². The predicted molar refractivity (Wildman–Crippen MR) is 48.3 cm³/mol. The number of nitrogens with zero attached hydrogens (tertiary/aromatic N) is 2. The molecule has 12 heteroatoms. The third-order valence-corrected chi connectivity index (χ3v) is 4.54. The Balaban J connectivity index is 5.13. The fourth-order valence-corrected chi connectivity index (χ4v) is 3.52. The van der Waals surface area contributed by atoms with E-state index in [1.54, 1.807) is 0 Å². The largest absolute Gasteiger partial charge is 0.503 e. The molecule has 0 heterocycles. The van der Waals surface area contributed by atoms with Gasteiger partial charge in [-0.25, -0.2) is 0 Å². The molecule has 0 unspecified atom stereocenters. The van der Waals surface area contributed by atoms with Crippen molar-refractivity contribution in [3.63, 3.8) is 0 Å². The maximum Gasteiger partial charge on any atom is 0.503 e. The second-order valence-electron chi connectivity index (χ2n) is 2.67. The van der Waals surface area contributed by atoms with Crippen molar-refractivity contribution in [1.82, 2.24) is 0 Å². The van der Waals surface area contributed by atoms with Gasteiger partial charge in [0.25, 0.3) is 0 Å². The van der Waals surface area contributed by atoms with Gasteiger partial charge in [0, 0.05) is 22.8 Å². The molecule has 90 valence electrons. The molecule has 0 spiro atoms. The molecular formula is C3H7FN2O7S2. The molecule has 0 aromatic heterocycles. The zero-order valence-corrected chi connectivity index (χ0v) is 9.16. The Kier molecular flexibility index (Phi) is 3.95. The van der Waals surface area contributed by atoms with E-state index in [-0.39, 0.29) is 0 Å². The third kappa shape index (κ3) is 4.35. The maximum absolute atomic E-state index is 12.1. The number of hydrogen-bond acceptors (Lipinski definition) is 7. The summed E-state index contributed by atoms with van der Waals surface area (Å²) < 4.78 is 36.0. The number of nitro groups is 2. The summed E-state index contributed by atoms with van der Waals surface area (Å²) in [5.41, 5.74) is -2.50. The molecule has 0 atom stereocenters. The Morgan fingerprint density at radius 3 is 1.73 bits per heavy atom. The molecule has 0 aromatic carbocycles. The number of halogens is 1. The third-order valence-electron chi connectivity index (χ3n) is 1.13. The van der Waals surface area contributed by atoms with Crippen LogP contribution >= 0.6 is 10.3 Å². The molecule has 0 aliphatic carbocycles. The molecule has 0 saturated heterocycles. The molecule has 0 aliphatic heterocycles. The van der Waals surface area contributed by atoms with Gasteiger partial charge in [-0.1, -0.05) is 3.89 Å². The summed E-state index contributed by atoms with van der Waals surface area (Å²) in [6.45, 7) is 0. The van der Waals surface area contributed by atoms with Crippen molar-refractivity contribution in [3.8, 4) is 0 Å². The van der Waals surface area contributed by atoms with Crippen molar-refractivity contribution in [3.05, 3.63) is 20.2 Å². The summed E-state index contributed by atoms with van der Waals surface area (Å²) >= 11 is 0. The lowest BCUT2D eigenvalue weighted by Gasteiger charge is -2.23. The van der Waals surface area contributed by atoms with Crippen LogP contribution in [0, 0.1) is 20.2 Å². The fourth-order valence-electron chi connectivity index (χ4n) is 0.736. The summed E-state index contributed by atoms with van der Waals surface area (Å²) in [4.78, 5) is 17.9. The van der Waals surface area contributed by atoms with E-state index in [1.807, 2.05) is 0 Å². The van der Waals surface area contributed by atoms with Crippen LogP contribution in [0.2, 0.25) is 0 Å². The highest BCUT2D eigenvalue weighted by Crippen LogP contribution is 2.48. The normalized spacial score (nSPS) is 13.9. The minimum absolute atomic E-state index is 0.806. The summed E-state index contributed by atoms with van der Waals surface area (Å²) in [6.07, 6.45) is 1.61. The van der Waals surface area contributed by atoms with E-state index in [9.17, 15) is 32.5 Å². The van der Waals surface area contributed by atoms with Gasteiger partial charge in [0.1, 0.15) is 9.85 Å². The zero-order valence-electron chi connectivity index (χ0n) is 7.52. The molecule has 0 bridgehead atoms. The first-order valence-corrected chi connectivity index (χ1v) is 6.87. The van der Waals surface area contributed by atoms with Crippen LogP contribution in [-0.4, -0.2) is 36.3 Å². The molecule has 0 aliphatic rings. The number of rotatable bonds is 5. The first kappa shape index (κ1) is 14.0. The van der Waals surface area contributed by atoms with E-state index >= 15 is 0 Å². The van der Waals surface area contributed by atoms with Crippen molar-refractivity contribution >= 4 is 20.8 Å². The summed E-state index contributed by atoms with van der Waals surface area (Å²) in [5.74, 6) is 0. The summed E-state index contributed by atoms with van der Waals surface area (Å²) in [6, 6.07) is 0. The van der Waals surface area contributed by atoms with Crippen LogP contribution in [0.15, 0.2) is 0 Å². The summed E-state index contributed by atoms with van der Waals surface area (Å²) in [5, 5.41) is 20.5. The second-order valence-corrected chi connectivity index (χ2v) is 7.04. The Hall–Kier alpha value is -1.01. The van der Waals surface area contributed by atoms with Gasteiger partial charge in [0.05, 0.1) is 0 Å². The first-order valence-electron chi connectivity index (χ1n) is 3.12. The highest BCUT2D eigenvalue weighted by Gasteiger charge is 2.49. The van der Waals surface area contributed by atoms with E-state index in [4.69, 9.17) is 0 Å². The van der Waals surface area contributed by atoms with Gasteiger partial charge in [0.15, 0.2) is 0 Å². The van der Waals surface area contributed by atoms with Crippen LogP contribution in [0.3, 0.4) is 0 Å². The van der Waals surface area contributed by atoms with E-state index in [0.717, 1.165) is 12.5 Å². The van der Waals surface area contributed by atoms with Crippen molar-refractivity contribution in [1.29, 1.82) is 0 Å². The van der Waals surface area contributed by atoms with Gasteiger partial charge in [-0.05, 0) is 0 Å². The van der Waals surface area contributed by atoms with Crippen molar-refractivity contribution in [2.45, 2.75) is 5.50 Å². The van der Waals surface area contributed by atoms with Crippen LogP contribution < -0.4 is 0 Å². The molecule has 0 saturated carbocycles. The molecule has 0 radical (unpaired) electrons. The van der Waals surface area contributed by atoms with Crippen LogP contribution in [0.4, 0.5) is 3.89 Å². The average Bonchev–Trinajstić information content (AvgIpc) is 1.74. The van der Waals surface area contributed by atoms with Crippen molar-refractivity contribution < 1.29 is 25.8 Å². The first-order chi connectivity index (χ1) is 6.47. The smallest absolute Gasteiger partial charge is 0.258 e. The molecule has 0 rings (SSSR count). The van der Waals surface area contributed by atoms with Crippen LogP contribution in [-0.2, 0) is 14.1 Å². The maximum atomic E-state index is 12.1. The Morgan fingerprint density at radius 1 is 1.20 bits per heavy atom. The molecule has 0 aromatic rings. The molecule has 15 heavy (non-hydrogen) atoms. The lowest BCUT2D eigenvalue weighted by atomic mass is 11.2. The SMILES string of the molecule is CS(C)(OS(=O)(=O)F)C([N+](=O)[O-])[N+](=O)[O-]. The quantitative estimate of drug-likeness (QED) is 0.297. The van der Waals surface area contributed by atoms with Crippen LogP contribution in [0.1, 0.15) is 0 Å². The Morgan fingerprint density at radius 2 is 1.53 bits per heavy atom. The predicted octanol–water partition coefficient (Wildman–Crippen LogP) is 0.0335. The van der Waals surface area contributed by atoms with E-state index < -0.39 is 36.2 Å². The minimum Gasteiger partial charge on any atom is -0.258 e. The fraction of sp³-hybridized carbons (Fsp3) is 1.00. The standard InChI is InChI=1S/C3H7FN2O7S2/c1-14(2,13-15(4,11)12)3(5(7)8)6(9)10/h3H,1-2H3. The Labute approximate surface area is 85.5 Å². The van der Waals surface area contributed by atoms with E-state index in [1.165, 1.54) is 0 Å². The van der Waals surface area contributed by atoms with Crippen molar-refractivity contribution in [2.75, 3.05) is 12.5 Å². The highest BCUT2D eigenvalue weighted by atomic mass is 32.3. The molecule has 0 N–H and O–H groups in total. The van der Waals surface area contributed by atoms with Gasteiger partial charge in [-0.3, -0.25) is 20.2 Å². The second kappa shape index (κ2) is 4.24. The van der Waals surface area contributed by atoms with Gasteiger partial charge >= 0.3 is 16.0 Å². The monoisotopic (exact) mass is 266 g/mol. The minimum atomic E-state index is -5.47. The highest BCUT2D eigenvalue weighted by molar-refractivity contribution is 8.31. The topological polar surface area (TPSA) is 130 Å². The average molecular weight is 266 g/mol. The van der Waals surface area contributed by atoms with E-state index in [2.05, 4.69) is 3.63 Å². The lowest BCUT2D eigenvalue weighted by molar-refractivity contribution is -0.712. The number of hydrogen-bond donors (Lipinski definition) is 0. The molecule has 9 nitrogen and oxygen atoms in total. The van der Waals surface area contributed by atoms with Crippen molar-refractivity contribution in [2.24, 2.45) is 0 Å². The van der Waals surface area contributed by atoms with Gasteiger partial charge in [0.2, 0.25) is 0 Å². The summed E-state index contributed by atoms with van der Waals surface area (Å²) in [7, 11) is -8.81. The van der Waals surface area contributed by atoms with Gasteiger partial charge in [-0.15, -0.1) is 0 Å². The van der Waals surface area contributed by atoms with E-state index in [0.29, 0.717) is 0 Å². The molecule has 0 fully saturated rings. The molecular weight excluding hydrogens is 259 g/mol. The zero-order chi connectivity index (χ0) is 12.4. The van der Waals surface area contributed by atoms with Crippen LogP contribution in [0.5, 0.6) is 0 Å². The Bertz CT molecular complexity index is 364. The lowest BCUT2D eigenvalue weighted by Crippen LogP contribution is -2.35.